The molecule has 0 saturated heterocycles. The lowest BCUT2D eigenvalue weighted by atomic mass is 10.0. The van der Waals surface area contributed by atoms with Crippen LogP contribution in [0.3, 0.4) is 0 Å². The number of hydrogen-bond acceptors (Lipinski definition) is 11. The number of rotatable bonds is 8. The lowest BCUT2D eigenvalue weighted by Gasteiger charge is -2.10. The second-order valence-corrected chi connectivity index (χ2v) is 13.6. The molecule has 2 unspecified atom stereocenters. The van der Waals surface area contributed by atoms with Gasteiger partial charge in [0.1, 0.15) is 0 Å². The topological polar surface area (TPSA) is 203 Å². The number of esters is 1. The van der Waals surface area contributed by atoms with Gasteiger partial charge in [0.05, 0.1) is 64.4 Å². The van der Waals surface area contributed by atoms with E-state index in [9.17, 15) is 14.7 Å². The zero-order valence-corrected chi connectivity index (χ0v) is 32.0. The van der Waals surface area contributed by atoms with Crippen molar-refractivity contribution in [1.82, 2.24) is 39.5 Å². The smallest absolute Gasteiger partial charge is 0.338 e. The van der Waals surface area contributed by atoms with E-state index < -0.39 is 11.9 Å². The van der Waals surface area contributed by atoms with Crippen LogP contribution in [0.4, 0.5) is 0 Å². The number of pyridine rings is 4. The van der Waals surface area contributed by atoms with E-state index in [1.807, 2.05) is 113 Å². The first kappa shape index (κ1) is 38.1. The monoisotopic (exact) mass is 760 g/mol. The Morgan fingerprint density at radius 2 is 1.07 bits per heavy atom. The molecule has 0 fully saturated rings. The maximum Gasteiger partial charge on any atom is 0.338 e. The summed E-state index contributed by atoms with van der Waals surface area (Å²) in [4.78, 5) is 42.6. The van der Waals surface area contributed by atoms with E-state index in [4.69, 9.17) is 16.2 Å². The van der Waals surface area contributed by atoms with Gasteiger partial charge in [0.2, 0.25) is 0 Å². The molecule has 8 rings (SSSR count). The summed E-state index contributed by atoms with van der Waals surface area (Å²) in [5, 5.41) is 19.8. The summed E-state index contributed by atoms with van der Waals surface area (Å²) in [5.74, 6) is -0.157. The molecule has 0 bridgehead atoms. The molecule has 0 saturated carbocycles. The molecule has 0 spiro atoms. The van der Waals surface area contributed by atoms with Crippen molar-refractivity contribution in [3.8, 4) is 34.2 Å². The van der Waals surface area contributed by atoms with Crippen LogP contribution in [0, 0.1) is 13.8 Å². The van der Waals surface area contributed by atoms with E-state index in [1.54, 1.807) is 33.9 Å². The van der Waals surface area contributed by atoms with Crippen LogP contribution in [0.1, 0.15) is 69.4 Å². The van der Waals surface area contributed by atoms with E-state index in [0.29, 0.717) is 44.7 Å². The normalized spacial score (nSPS) is 12.2. The number of carboxylic acid groups (broad SMARTS) is 1. The predicted molar refractivity (Wildman–Crippen MR) is 217 cm³/mol. The van der Waals surface area contributed by atoms with E-state index in [1.165, 1.54) is 7.11 Å². The van der Waals surface area contributed by atoms with Crippen LogP contribution in [0.15, 0.2) is 109 Å². The number of fused-ring (bicyclic) bond motifs is 2. The van der Waals surface area contributed by atoms with Crippen molar-refractivity contribution in [3.05, 3.63) is 143 Å². The Morgan fingerprint density at radius 1 is 0.632 bits per heavy atom. The summed E-state index contributed by atoms with van der Waals surface area (Å²) in [6.45, 7) is 7.56. The number of nitrogens with zero attached hydrogens (tertiary/aromatic N) is 8. The van der Waals surface area contributed by atoms with Gasteiger partial charge in [-0.25, -0.2) is 28.9 Å². The average Bonchev–Trinajstić information content (AvgIpc) is 3.85. The number of methoxy groups -OCH3 is 1. The molecule has 5 N–H and O–H groups in total. The van der Waals surface area contributed by atoms with Crippen molar-refractivity contribution < 1.29 is 19.4 Å². The van der Waals surface area contributed by atoms with Crippen molar-refractivity contribution in [2.45, 2.75) is 39.8 Å². The molecule has 286 valence electrons. The van der Waals surface area contributed by atoms with Crippen molar-refractivity contribution in [2.75, 3.05) is 7.11 Å². The fourth-order valence-corrected chi connectivity index (χ4v) is 6.39. The SMILES string of the molecule is COC(=O)c1cc(-c2cccc(C(C)N)n2)cc2c1cnn2-c1cccc(C)n1.Cc1cccc(-n2ncc3c(C(=O)O)cc(-c4cccc(C(C)N)n4)cc32)n1. The van der Waals surface area contributed by atoms with Crippen molar-refractivity contribution >= 4 is 33.7 Å². The van der Waals surface area contributed by atoms with Gasteiger partial charge in [0, 0.05) is 45.4 Å². The Morgan fingerprint density at radius 3 is 1.49 bits per heavy atom. The van der Waals surface area contributed by atoms with Gasteiger partial charge in [-0.3, -0.25) is 9.97 Å². The lowest BCUT2D eigenvalue weighted by molar-refractivity contribution is 0.0602. The predicted octanol–water partition coefficient (Wildman–Crippen LogP) is 7.11. The van der Waals surface area contributed by atoms with Crippen LogP contribution in [0.25, 0.3) is 56.0 Å². The molecule has 0 aliphatic rings. The molecule has 2 aromatic carbocycles. The summed E-state index contributed by atoms with van der Waals surface area (Å²) in [6, 6.07) is 29.4. The molecule has 14 heteroatoms. The summed E-state index contributed by atoms with van der Waals surface area (Å²) < 4.78 is 8.36. The first-order valence-corrected chi connectivity index (χ1v) is 18.1. The highest BCUT2D eigenvalue weighted by Gasteiger charge is 2.20. The van der Waals surface area contributed by atoms with Crippen molar-refractivity contribution in [1.29, 1.82) is 0 Å². The number of carboxylic acids is 1. The van der Waals surface area contributed by atoms with E-state index in [2.05, 4.69) is 30.1 Å². The summed E-state index contributed by atoms with van der Waals surface area (Å²) in [5.41, 5.74) is 20.0. The number of aromatic nitrogens is 8. The molecule has 0 radical (unpaired) electrons. The van der Waals surface area contributed by atoms with Gasteiger partial charge in [0.15, 0.2) is 11.6 Å². The fourth-order valence-electron chi connectivity index (χ4n) is 6.39. The van der Waals surface area contributed by atoms with Gasteiger partial charge >= 0.3 is 11.9 Å². The Hall–Kier alpha value is -7.16. The largest absolute Gasteiger partial charge is 0.478 e. The van der Waals surface area contributed by atoms with Crippen LogP contribution in [0.5, 0.6) is 0 Å². The Kier molecular flexibility index (Phi) is 10.6. The lowest BCUT2D eigenvalue weighted by Crippen LogP contribution is -2.08. The van der Waals surface area contributed by atoms with Gasteiger partial charge in [-0.1, -0.05) is 24.3 Å². The van der Waals surface area contributed by atoms with Gasteiger partial charge in [-0.05, 0) is 100 Å². The number of aryl methyl sites for hydroxylation is 2. The first-order valence-electron chi connectivity index (χ1n) is 18.1. The number of carbonyl (C=O) groups excluding carboxylic acids is 1. The van der Waals surface area contributed by atoms with Crippen LogP contribution < -0.4 is 11.5 Å². The van der Waals surface area contributed by atoms with Gasteiger partial charge < -0.3 is 21.3 Å². The summed E-state index contributed by atoms with van der Waals surface area (Å²) in [7, 11) is 1.36. The molecule has 57 heavy (non-hydrogen) atoms. The minimum absolute atomic E-state index is 0.166. The van der Waals surface area contributed by atoms with Gasteiger partial charge in [-0.15, -0.1) is 0 Å². The van der Waals surface area contributed by atoms with Gasteiger partial charge in [-0.2, -0.15) is 10.2 Å². The average molecular weight is 761 g/mol. The molecule has 6 heterocycles. The highest BCUT2D eigenvalue weighted by atomic mass is 16.5. The minimum atomic E-state index is -1.02. The number of carbonyl (C=O) groups is 2. The summed E-state index contributed by atoms with van der Waals surface area (Å²) in [6.07, 6.45) is 3.21. The molecule has 2 atom stereocenters. The van der Waals surface area contributed by atoms with E-state index in [0.717, 1.165) is 39.5 Å². The molecule has 0 aliphatic carbocycles. The highest BCUT2D eigenvalue weighted by molar-refractivity contribution is 6.06. The van der Waals surface area contributed by atoms with Crippen LogP contribution in [-0.2, 0) is 4.74 Å². The third-order valence-electron chi connectivity index (χ3n) is 9.26. The number of hydrogen-bond donors (Lipinski definition) is 3. The second kappa shape index (κ2) is 15.9. The van der Waals surface area contributed by atoms with E-state index >= 15 is 0 Å². The highest BCUT2D eigenvalue weighted by Crippen LogP contribution is 2.31. The van der Waals surface area contributed by atoms with Crippen LogP contribution >= 0.6 is 0 Å². The Labute approximate surface area is 327 Å². The Balaban J connectivity index is 0.000000174. The number of benzene rings is 2. The van der Waals surface area contributed by atoms with Crippen molar-refractivity contribution in [2.24, 2.45) is 11.5 Å². The molecular weight excluding hydrogens is 721 g/mol. The van der Waals surface area contributed by atoms with Gasteiger partial charge in [0.25, 0.3) is 0 Å². The zero-order chi connectivity index (χ0) is 40.4. The maximum atomic E-state index is 12.5. The molecular formula is C43H40N10O4. The number of nitrogens with two attached hydrogens (primary N) is 2. The second-order valence-electron chi connectivity index (χ2n) is 13.6. The third kappa shape index (κ3) is 7.85. The third-order valence-corrected chi connectivity index (χ3v) is 9.26. The quantitative estimate of drug-likeness (QED) is 0.133. The first-order chi connectivity index (χ1) is 27.4. The minimum Gasteiger partial charge on any atom is -0.478 e. The van der Waals surface area contributed by atoms with Crippen LogP contribution in [-0.4, -0.2) is 63.7 Å². The molecule has 6 aromatic heterocycles. The molecule has 0 aliphatic heterocycles. The van der Waals surface area contributed by atoms with Crippen LogP contribution in [0.2, 0.25) is 0 Å². The maximum absolute atomic E-state index is 12.5. The fraction of sp³-hybridized carbons (Fsp3) is 0.163. The number of ether oxygens (including phenoxy) is 1. The summed E-state index contributed by atoms with van der Waals surface area (Å²) >= 11 is 0. The number of aromatic carboxylic acids is 1. The van der Waals surface area contributed by atoms with Crippen molar-refractivity contribution in [3.63, 3.8) is 0 Å². The molecule has 8 aromatic rings. The molecule has 0 amide bonds. The van der Waals surface area contributed by atoms with E-state index in [-0.39, 0.29) is 17.6 Å². The zero-order valence-electron chi connectivity index (χ0n) is 32.0. The Bertz CT molecular complexity index is 2790. The standard InChI is InChI=1S/C22H21N5O2.C21H19N5O2/c1-13-6-4-9-21(25-13)27-20-11-15(19-8-5-7-18(26-19)14(2)23)10-16(22(28)29-3)17(20)12-24-27;1-12-5-3-8-20(24-12)26-19-10-14(9-15(21(27)28)16(19)11-23-26)18-7-4-6-17(25-18)13(2)22/h4-12,14H,23H2,1-3H3;3-11,13H,22H2,1-2H3,(H,27,28). The molecule has 14 nitrogen and oxygen atoms in total.